The maximum Gasteiger partial charge on any atom is 0.358 e. The number of carbonyl (C=O) groups excluding carboxylic acids is 1. The summed E-state index contributed by atoms with van der Waals surface area (Å²) in [5.41, 5.74) is 1.42. The van der Waals surface area contributed by atoms with Crippen molar-refractivity contribution in [3.8, 4) is 5.88 Å². The van der Waals surface area contributed by atoms with Crippen LogP contribution in [-0.2, 0) is 11.2 Å². The van der Waals surface area contributed by atoms with Gasteiger partial charge in [-0.3, -0.25) is 4.98 Å². The highest BCUT2D eigenvalue weighted by molar-refractivity contribution is 5.86. The van der Waals surface area contributed by atoms with Crippen molar-refractivity contribution in [2.75, 3.05) is 13.7 Å². The van der Waals surface area contributed by atoms with Crippen LogP contribution in [-0.4, -0.2) is 29.7 Å². The SMILES string of the molecule is COC(=O)c1cncc(OCCCc2ccccc2)n1. The second-order valence-corrected chi connectivity index (χ2v) is 4.17. The van der Waals surface area contributed by atoms with E-state index in [2.05, 4.69) is 26.8 Å². The van der Waals surface area contributed by atoms with Crippen molar-refractivity contribution in [3.05, 3.63) is 54.0 Å². The van der Waals surface area contributed by atoms with E-state index in [0.717, 1.165) is 12.8 Å². The fraction of sp³-hybridized carbons (Fsp3) is 0.267. The number of ether oxygens (including phenoxy) is 2. The number of carbonyl (C=O) groups is 1. The van der Waals surface area contributed by atoms with Crippen LogP contribution in [0.2, 0.25) is 0 Å². The number of nitrogens with zero attached hydrogens (tertiary/aromatic N) is 2. The molecule has 0 aliphatic rings. The van der Waals surface area contributed by atoms with E-state index in [-0.39, 0.29) is 5.69 Å². The molecule has 0 saturated heterocycles. The van der Waals surface area contributed by atoms with Crippen molar-refractivity contribution in [1.29, 1.82) is 0 Å². The highest BCUT2D eigenvalue weighted by atomic mass is 16.5. The minimum Gasteiger partial charge on any atom is -0.477 e. The Morgan fingerprint density at radius 3 is 2.75 bits per heavy atom. The predicted molar refractivity (Wildman–Crippen MR) is 73.6 cm³/mol. The summed E-state index contributed by atoms with van der Waals surface area (Å²) in [6.45, 7) is 0.522. The Morgan fingerprint density at radius 1 is 1.20 bits per heavy atom. The van der Waals surface area contributed by atoms with E-state index in [1.165, 1.54) is 25.1 Å². The van der Waals surface area contributed by atoms with Crippen molar-refractivity contribution in [2.45, 2.75) is 12.8 Å². The van der Waals surface area contributed by atoms with Crippen LogP contribution in [0.25, 0.3) is 0 Å². The lowest BCUT2D eigenvalue weighted by atomic mass is 10.1. The Bertz CT molecular complexity index is 558. The van der Waals surface area contributed by atoms with Gasteiger partial charge in [-0.15, -0.1) is 0 Å². The molecule has 1 heterocycles. The predicted octanol–water partition coefficient (Wildman–Crippen LogP) is 2.27. The van der Waals surface area contributed by atoms with E-state index in [9.17, 15) is 4.79 Å². The first kappa shape index (κ1) is 14.0. The van der Waals surface area contributed by atoms with Crippen molar-refractivity contribution in [1.82, 2.24) is 9.97 Å². The summed E-state index contributed by atoms with van der Waals surface area (Å²) in [5.74, 6) is -0.187. The van der Waals surface area contributed by atoms with Crippen LogP contribution in [0.3, 0.4) is 0 Å². The second kappa shape index (κ2) is 7.23. The molecule has 0 spiro atoms. The molecule has 0 fully saturated rings. The van der Waals surface area contributed by atoms with Crippen LogP contribution in [0.15, 0.2) is 42.7 Å². The van der Waals surface area contributed by atoms with Gasteiger partial charge < -0.3 is 9.47 Å². The van der Waals surface area contributed by atoms with Crippen LogP contribution < -0.4 is 4.74 Å². The summed E-state index contributed by atoms with van der Waals surface area (Å²) in [6.07, 6.45) is 4.64. The number of aromatic nitrogens is 2. The molecule has 2 rings (SSSR count). The zero-order chi connectivity index (χ0) is 14.2. The molecule has 1 aromatic heterocycles. The molecular weight excluding hydrogens is 256 g/mol. The van der Waals surface area contributed by atoms with E-state index in [0.29, 0.717) is 12.5 Å². The Morgan fingerprint density at radius 2 is 2.00 bits per heavy atom. The molecule has 0 unspecified atom stereocenters. The molecule has 5 nitrogen and oxygen atoms in total. The van der Waals surface area contributed by atoms with Crippen molar-refractivity contribution in [2.24, 2.45) is 0 Å². The average molecular weight is 272 g/mol. The maximum atomic E-state index is 11.3. The van der Waals surface area contributed by atoms with Crippen LogP contribution in [0, 0.1) is 0 Å². The topological polar surface area (TPSA) is 61.3 Å². The molecule has 0 aliphatic heterocycles. The van der Waals surface area contributed by atoms with Gasteiger partial charge >= 0.3 is 5.97 Å². The molecule has 0 amide bonds. The third kappa shape index (κ3) is 4.05. The number of hydrogen-bond donors (Lipinski definition) is 0. The highest BCUT2D eigenvalue weighted by Gasteiger charge is 2.08. The largest absolute Gasteiger partial charge is 0.477 e. The summed E-state index contributed by atoms with van der Waals surface area (Å²) < 4.78 is 10.1. The quantitative estimate of drug-likeness (QED) is 0.596. The molecule has 0 atom stereocenters. The average Bonchev–Trinajstić information content (AvgIpc) is 2.52. The standard InChI is InChI=1S/C15H16N2O3/c1-19-15(18)13-10-16-11-14(17-13)20-9-5-8-12-6-3-2-4-7-12/h2-4,6-7,10-11H,5,8-9H2,1H3. The lowest BCUT2D eigenvalue weighted by molar-refractivity contribution is 0.0592. The molecule has 1 aromatic carbocycles. The third-order valence-electron chi connectivity index (χ3n) is 2.71. The molecule has 0 radical (unpaired) electrons. The Labute approximate surface area is 117 Å². The molecular formula is C15H16N2O3. The van der Waals surface area contributed by atoms with E-state index < -0.39 is 5.97 Å². The number of esters is 1. The van der Waals surface area contributed by atoms with Gasteiger partial charge in [0.15, 0.2) is 5.69 Å². The molecule has 20 heavy (non-hydrogen) atoms. The zero-order valence-corrected chi connectivity index (χ0v) is 11.3. The zero-order valence-electron chi connectivity index (χ0n) is 11.3. The fourth-order valence-electron chi connectivity index (χ4n) is 1.72. The van der Waals surface area contributed by atoms with Gasteiger partial charge in [0, 0.05) is 0 Å². The molecule has 0 N–H and O–H groups in total. The third-order valence-corrected chi connectivity index (χ3v) is 2.71. The van der Waals surface area contributed by atoms with E-state index >= 15 is 0 Å². The Hall–Kier alpha value is -2.43. The fourth-order valence-corrected chi connectivity index (χ4v) is 1.72. The number of methoxy groups -OCH3 is 1. The van der Waals surface area contributed by atoms with Crippen molar-refractivity contribution in [3.63, 3.8) is 0 Å². The van der Waals surface area contributed by atoms with Crippen LogP contribution >= 0.6 is 0 Å². The van der Waals surface area contributed by atoms with Crippen molar-refractivity contribution < 1.29 is 14.3 Å². The number of hydrogen-bond acceptors (Lipinski definition) is 5. The highest BCUT2D eigenvalue weighted by Crippen LogP contribution is 2.08. The minimum atomic E-state index is -0.521. The van der Waals surface area contributed by atoms with E-state index in [1.807, 2.05) is 18.2 Å². The molecule has 2 aromatic rings. The molecule has 104 valence electrons. The van der Waals surface area contributed by atoms with Gasteiger partial charge in [0.2, 0.25) is 5.88 Å². The normalized spacial score (nSPS) is 10.1. The minimum absolute atomic E-state index is 0.146. The van der Waals surface area contributed by atoms with Gasteiger partial charge in [0.25, 0.3) is 0 Å². The first-order chi connectivity index (χ1) is 9.79. The Kier molecular flexibility index (Phi) is 5.06. The molecule has 0 bridgehead atoms. The van der Waals surface area contributed by atoms with Gasteiger partial charge in [-0.25, -0.2) is 9.78 Å². The summed E-state index contributed by atoms with van der Waals surface area (Å²) in [7, 11) is 1.30. The van der Waals surface area contributed by atoms with E-state index in [4.69, 9.17) is 4.74 Å². The lowest BCUT2D eigenvalue weighted by Crippen LogP contribution is -2.07. The summed E-state index contributed by atoms with van der Waals surface area (Å²) in [4.78, 5) is 19.2. The van der Waals surface area contributed by atoms with Gasteiger partial charge in [0.1, 0.15) is 0 Å². The second-order valence-electron chi connectivity index (χ2n) is 4.17. The van der Waals surface area contributed by atoms with Crippen LogP contribution in [0.1, 0.15) is 22.5 Å². The number of aryl methyl sites for hydroxylation is 1. The molecule has 0 aliphatic carbocycles. The summed E-state index contributed by atoms with van der Waals surface area (Å²) in [5, 5.41) is 0. The molecule has 0 saturated carbocycles. The van der Waals surface area contributed by atoms with Gasteiger partial charge in [-0.2, -0.15) is 0 Å². The number of rotatable bonds is 6. The smallest absolute Gasteiger partial charge is 0.358 e. The maximum absolute atomic E-state index is 11.3. The van der Waals surface area contributed by atoms with Crippen molar-refractivity contribution >= 4 is 5.97 Å². The first-order valence-electron chi connectivity index (χ1n) is 6.36. The van der Waals surface area contributed by atoms with Gasteiger partial charge in [0.05, 0.1) is 26.1 Å². The first-order valence-corrected chi connectivity index (χ1v) is 6.36. The van der Waals surface area contributed by atoms with Gasteiger partial charge in [-0.1, -0.05) is 30.3 Å². The summed E-state index contributed by atoms with van der Waals surface area (Å²) >= 11 is 0. The van der Waals surface area contributed by atoms with E-state index in [1.54, 1.807) is 0 Å². The molecule has 5 heteroatoms. The van der Waals surface area contributed by atoms with Gasteiger partial charge in [-0.05, 0) is 18.4 Å². The number of benzene rings is 1. The monoisotopic (exact) mass is 272 g/mol. The van der Waals surface area contributed by atoms with Crippen LogP contribution in [0.5, 0.6) is 5.88 Å². The van der Waals surface area contributed by atoms with Crippen LogP contribution in [0.4, 0.5) is 0 Å². The Balaban J connectivity index is 1.81. The summed E-state index contributed by atoms with van der Waals surface area (Å²) in [6, 6.07) is 10.2. The lowest BCUT2D eigenvalue weighted by Gasteiger charge is -2.06.